The zero-order chi connectivity index (χ0) is 20.6. The van der Waals surface area contributed by atoms with Gasteiger partial charge in [-0.05, 0) is 48.0 Å². The number of hydrogen-bond donors (Lipinski definition) is 3. The monoisotopic (exact) mass is 411 g/mol. The molecule has 0 radical (unpaired) electrons. The second-order valence-electron chi connectivity index (χ2n) is 5.96. The molecule has 0 aliphatic rings. The third kappa shape index (κ3) is 5.73. The van der Waals surface area contributed by atoms with Crippen LogP contribution in [-0.4, -0.2) is 35.0 Å². The average Bonchev–Trinajstić information content (AvgIpc) is 3.19. The van der Waals surface area contributed by atoms with Crippen molar-refractivity contribution in [3.8, 4) is 16.2 Å². The van der Waals surface area contributed by atoms with Gasteiger partial charge in [0.05, 0.1) is 0 Å². The molecule has 0 spiro atoms. The number of hydrogen-bond acceptors (Lipinski definition) is 5. The fourth-order valence-electron chi connectivity index (χ4n) is 2.45. The van der Waals surface area contributed by atoms with E-state index in [1.54, 1.807) is 18.2 Å². The lowest BCUT2D eigenvalue weighted by Gasteiger charge is -2.06. The van der Waals surface area contributed by atoms with Gasteiger partial charge in [0.2, 0.25) is 5.91 Å². The van der Waals surface area contributed by atoms with Gasteiger partial charge in [0, 0.05) is 35.1 Å². The van der Waals surface area contributed by atoms with Crippen molar-refractivity contribution >= 4 is 29.2 Å². The molecular weight excluding hydrogens is 393 g/mol. The smallest absolute Gasteiger partial charge is 0.273 e. The third-order valence-electron chi connectivity index (χ3n) is 3.87. The molecule has 2 amide bonds. The van der Waals surface area contributed by atoms with Crippen molar-refractivity contribution in [3.63, 3.8) is 0 Å². The Hall–Kier alpha value is -3.52. The molecule has 0 bridgehead atoms. The molecule has 8 heteroatoms. The number of pyridine rings is 1. The zero-order valence-electron chi connectivity index (χ0n) is 15.3. The summed E-state index contributed by atoms with van der Waals surface area (Å²) in [5, 5.41) is 14.8. The maximum Gasteiger partial charge on any atom is 0.273 e. The van der Waals surface area contributed by atoms with Crippen LogP contribution in [0.2, 0.25) is 0 Å². The first kappa shape index (κ1) is 20.2. The number of nitrogens with one attached hydrogen (secondary N) is 2. The highest BCUT2D eigenvalue weighted by Crippen LogP contribution is 2.28. The first-order valence-corrected chi connectivity index (χ1v) is 9.58. The van der Waals surface area contributed by atoms with Crippen LogP contribution < -0.4 is 10.6 Å². The number of halogens is 1. The number of benzene rings is 1. The molecule has 6 nitrogen and oxygen atoms in total. The van der Waals surface area contributed by atoms with Crippen LogP contribution in [0.25, 0.3) is 16.5 Å². The number of carbonyl (C=O) groups excluding carboxylic acids is 2. The van der Waals surface area contributed by atoms with Gasteiger partial charge in [-0.25, -0.2) is 9.37 Å². The van der Waals surface area contributed by atoms with Crippen molar-refractivity contribution < 1.29 is 19.1 Å². The van der Waals surface area contributed by atoms with Gasteiger partial charge in [-0.1, -0.05) is 12.1 Å². The van der Waals surface area contributed by atoms with Crippen LogP contribution in [-0.2, 0) is 4.79 Å². The number of aromatic nitrogens is 1. The van der Waals surface area contributed by atoms with Gasteiger partial charge in [0.15, 0.2) is 5.69 Å². The minimum Gasteiger partial charge on any atom is -0.505 e. The van der Waals surface area contributed by atoms with Crippen LogP contribution in [0.1, 0.15) is 15.4 Å². The Morgan fingerprint density at radius 1 is 1.07 bits per heavy atom. The van der Waals surface area contributed by atoms with E-state index in [0.29, 0.717) is 0 Å². The van der Waals surface area contributed by atoms with E-state index in [2.05, 4.69) is 15.6 Å². The third-order valence-corrected chi connectivity index (χ3v) is 4.97. The predicted octanol–water partition coefficient (Wildman–Crippen LogP) is 3.21. The maximum atomic E-state index is 13.0. The largest absolute Gasteiger partial charge is 0.505 e. The van der Waals surface area contributed by atoms with Crippen molar-refractivity contribution in [2.45, 2.75) is 0 Å². The molecule has 0 unspecified atom stereocenters. The number of carbonyl (C=O) groups is 2. The summed E-state index contributed by atoms with van der Waals surface area (Å²) >= 11 is 1.49. The summed E-state index contributed by atoms with van der Waals surface area (Å²) in [6.45, 7) is 0.427. The van der Waals surface area contributed by atoms with Gasteiger partial charge >= 0.3 is 0 Å². The first-order chi connectivity index (χ1) is 14.0. The van der Waals surface area contributed by atoms with E-state index >= 15 is 0 Å². The topological polar surface area (TPSA) is 91.3 Å². The van der Waals surface area contributed by atoms with E-state index in [1.807, 2.05) is 12.1 Å². The lowest BCUT2D eigenvalue weighted by molar-refractivity contribution is -0.116. The number of nitrogens with zero attached hydrogens (tertiary/aromatic N) is 1. The second-order valence-corrected chi connectivity index (χ2v) is 7.08. The molecular formula is C21H18FN3O3S. The van der Waals surface area contributed by atoms with Gasteiger partial charge in [-0.15, -0.1) is 11.3 Å². The molecule has 0 fully saturated rings. The highest BCUT2D eigenvalue weighted by Gasteiger charge is 2.11. The van der Waals surface area contributed by atoms with Crippen LogP contribution in [0, 0.1) is 5.82 Å². The standard InChI is InChI=1S/C21H18FN3O3S/c22-15-5-3-14(4-6-15)18-9-7-16(29-18)8-10-19(27)23-12-13-25-21(28)20-17(26)2-1-11-24-20/h1-11,26H,12-13H2,(H,23,27)(H,25,28)/b10-8+. The summed E-state index contributed by atoms with van der Waals surface area (Å²) in [7, 11) is 0. The molecule has 1 aromatic carbocycles. The molecule has 3 aromatic rings. The van der Waals surface area contributed by atoms with Crippen molar-refractivity contribution in [2.75, 3.05) is 13.1 Å². The molecule has 3 N–H and O–H groups in total. The van der Waals surface area contributed by atoms with Crippen LogP contribution in [0.4, 0.5) is 4.39 Å². The molecule has 0 atom stereocenters. The summed E-state index contributed by atoms with van der Waals surface area (Å²) in [4.78, 5) is 29.4. The Morgan fingerprint density at radius 2 is 1.83 bits per heavy atom. The predicted molar refractivity (Wildman–Crippen MR) is 110 cm³/mol. The quantitative estimate of drug-likeness (QED) is 0.411. The maximum absolute atomic E-state index is 13.0. The van der Waals surface area contributed by atoms with Crippen molar-refractivity contribution in [1.29, 1.82) is 0 Å². The second kappa shape index (κ2) is 9.61. The molecule has 2 aromatic heterocycles. The van der Waals surface area contributed by atoms with Gasteiger partial charge in [0.1, 0.15) is 11.6 Å². The number of thiophene rings is 1. The normalized spacial score (nSPS) is 10.8. The van der Waals surface area contributed by atoms with E-state index in [-0.39, 0.29) is 36.3 Å². The molecule has 148 valence electrons. The molecule has 0 aliphatic heterocycles. The minimum atomic E-state index is -0.514. The Morgan fingerprint density at radius 3 is 2.59 bits per heavy atom. The lowest BCUT2D eigenvalue weighted by Crippen LogP contribution is -2.34. The molecule has 0 aliphatic carbocycles. The van der Waals surface area contributed by atoms with E-state index < -0.39 is 5.91 Å². The van der Waals surface area contributed by atoms with Gasteiger partial charge in [-0.3, -0.25) is 9.59 Å². The molecule has 0 saturated heterocycles. The first-order valence-electron chi connectivity index (χ1n) is 8.77. The molecule has 3 rings (SSSR count). The highest BCUT2D eigenvalue weighted by molar-refractivity contribution is 7.16. The van der Waals surface area contributed by atoms with E-state index in [1.165, 1.54) is 47.9 Å². The Kier molecular flexibility index (Phi) is 6.70. The van der Waals surface area contributed by atoms with Crippen LogP contribution in [0.15, 0.2) is 60.8 Å². The number of aromatic hydroxyl groups is 1. The van der Waals surface area contributed by atoms with E-state index in [4.69, 9.17) is 0 Å². The highest BCUT2D eigenvalue weighted by atomic mass is 32.1. The Bertz CT molecular complexity index is 1030. The van der Waals surface area contributed by atoms with Gasteiger partial charge < -0.3 is 15.7 Å². The number of rotatable bonds is 7. The average molecular weight is 411 g/mol. The summed E-state index contributed by atoms with van der Waals surface area (Å²) < 4.78 is 13.0. The van der Waals surface area contributed by atoms with E-state index in [0.717, 1.165) is 15.3 Å². The zero-order valence-corrected chi connectivity index (χ0v) is 16.1. The Labute approximate surface area is 170 Å². The van der Waals surface area contributed by atoms with E-state index in [9.17, 15) is 19.1 Å². The van der Waals surface area contributed by atoms with Crippen LogP contribution in [0.3, 0.4) is 0 Å². The van der Waals surface area contributed by atoms with Crippen LogP contribution in [0.5, 0.6) is 5.75 Å². The van der Waals surface area contributed by atoms with Crippen molar-refractivity contribution in [3.05, 3.63) is 77.2 Å². The summed E-state index contributed by atoms with van der Waals surface area (Å²) in [6.07, 6.45) is 4.51. The summed E-state index contributed by atoms with van der Waals surface area (Å²) in [6, 6.07) is 12.9. The van der Waals surface area contributed by atoms with Crippen LogP contribution >= 0.6 is 11.3 Å². The van der Waals surface area contributed by atoms with Crippen molar-refractivity contribution in [1.82, 2.24) is 15.6 Å². The molecule has 29 heavy (non-hydrogen) atoms. The Balaban J connectivity index is 1.44. The minimum absolute atomic E-state index is 0.0617. The fraction of sp³-hybridized carbons (Fsp3) is 0.0952. The summed E-state index contributed by atoms with van der Waals surface area (Å²) in [5.41, 5.74) is 0.851. The SMILES string of the molecule is O=C(/C=C/c1ccc(-c2ccc(F)cc2)s1)NCCNC(=O)c1ncccc1O. The van der Waals surface area contributed by atoms with Gasteiger partial charge in [0.25, 0.3) is 5.91 Å². The fourth-order valence-corrected chi connectivity index (χ4v) is 3.36. The molecule has 0 saturated carbocycles. The number of amides is 2. The van der Waals surface area contributed by atoms with Gasteiger partial charge in [-0.2, -0.15) is 0 Å². The summed E-state index contributed by atoms with van der Waals surface area (Å²) in [5.74, 6) is -1.29. The van der Waals surface area contributed by atoms with Crippen molar-refractivity contribution in [2.24, 2.45) is 0 Å². The lowest BCUT2D eigenvalue weighted by atomic mass is 10.2. The molecule has 2 heterocycles.